The van der Waals surface area contributed by atoms with Crippen molar-refractivity contribution in [2.24, 2.45) is 0 Å². The lowest BCUT2D eigenvalue weighted by Gasteiger charge is -2.08. The Hall–Kier alpha value is -0.550. The summed E-state index contributed by atoms with van der Waals surface area (Å²) in [5, 5.41) is 0. The van der Waals surface area contributed by atoms with E-state index in [4.69, 9.17) is 0 Å². The van der Waals surface area contributed by atoms with Gasteiger partial charge in [0, 0.05) is 5.57 Å². The first-order valence-electron chi connectivity index (χ1n) is 4.66. The zero-order valence-electron chi connectivity index (χ0n) is 7.07. The van der Waals surface area contributed by atoms with Gasteiger partial charge in [-0.25, -0.2) is 4.79 Å². The average molecular weight is 152 g/mol. The van der Waals surface area contributed by atoms with E-state index in [0.717, 1.165) is 18.4 Å². The molecule has 0 aromatic carbocycles. The molecule has 1 heteroatoms. The molecule has 0 aromatic rings. The molecule has 62 valence electrons. The second-order valence-corrected chi connectivity index (χ2v) is 3.33. The number of rotatable bonds is 0. The predicted octanol–water partition coefficient (Wildman–Crippen LogP) is 2.88. The van der Waals surface area contributed by atoms with Gasteiger partial charge in [0.2, 0.25) is 0 Å². The van der Waals surface area contributed by atoms with E-state index in [-0.39, 0.29) is 0 Å². The Balaban J connectivity index is 0.000000112. The first kappa shape index (κ1) is 8.55. The van der Waals surface area contributed by atoms with E-state index in [1.165, 1.54) is 38.5 Å². The van der Waals surface area contributed by atoms with Crippen molar-refractivity contribution in [2.75, 3.05) is 0 Å². The van der Waals surface area contributed by atoms with Crippen molar-refractivity contribution >= 4 is 5.94 Å². The second-order valence-electron chi connectivity index (χ2n) is 3.33. The van der Waals surface area contributed by atoms with Gasteiger partial charge in [-0.1, -0.05) is 32.1 Å². The van der Waals surface area contributed by atoms with Crippen LogP contribution in [-0.2, 0) is 4.79 Å². The monoisotopic (exact) mass is 152 g/mol. The molecule has 0 bridgehead atoms. The van der Waals surface area contributed by atoms with E-state index in [1.54, 1.807) is 0 Å². The van der Waals surface area contributed by atoms with Crippen LogP contribution in [0.3, 0.4) is 0 Å². The Bertz CT molecular complexity index is 137. The maximum atomic E-state index is 9.63. The minimum atomic E-state index is 0.968. The number of allylic oxidation sites excluding steroid dienone is 1. The van der Waals surface area contributed by atoms with Crippen molar-refractivity contribution in [3.05, 3.63) is 5.57 Å². The van der Waals surface area contributed by atoms with Crippen LogP contribution < -0.4 is 0 Å². The number of hydrogen-bond acceptors (Lipinski definition) is 1. The van der Waals surface area contributed by atoms with Crippen LogP contribution in [0.15, 0.2) is 5.57 Å². The fraction of sp³-hybridized carbons (Fsp3) is 0.800. The highest BCUT2D eigenvalue weighted by Crippen LogP contribution is 2.21. The molecule has 0 amide bonds. The first-order valence-corrected chi connectivity index (χ1v) is 4.66. The number of carbonyl (C=O) groups excluding carboxylic acids is 1. The van der Waals surface area contributed by atoms with Gasteiger partial charge in [0.1, 0.15) is 5.94 Å². The van der Waals surface area contributed by atoms with Gasteiger partial charge in [0.15, 0.2) is 0 Å². The molecule has 1 nitrogen and oxygen atoms in total. The molecule has 2 rings (SSSR count). The summed E-state index contributed by atoms with van der Waals surface area (Å²) in [6.07, 6.45) is 10.7. The molecule has 2 fully saturated rings. The Kier molecular flexibility index (Phi) is 4.00. The van der Waals surface area contributed by atoms with Crippen LogP contribution in [0.2, 0.25) is 0 Å². The molecule has 0 aromatic heterocycles. The molecule has 0 atom stereocenters. The SMILES string of the molecule is C1CCCC1.O=C=C1CCC1. The maximum absolute atomic E-state index is 9.63. The Morgan fingerprint density at radius 3 is 1.36 bits per heavy atom. The van der Waals surface area contributed by atoms with Crippen molar-refractivity contribution in [1.82, 2.24) is 0 Å². The lowest BCUT2D eigenvalue weighted by atomic mass is 9.94. The molecule has 0 N–H and O–H groups in total. The van der Waals surface area contributed by atoms with Gasteiger partial charge in [0.05, 0.1) is 0 Å². The molecule has 0 radical (unpaired) electrons. The maximum Gasteiger partial charge on any atom is 0.123 e. The lowest BCUT2D eigenvalue weighted by Crippen LogP contribution is -1.95. The van der Waals surface area contributed by atoms with Crippen molar-refractivity contribution in [2.45, 2.75) is 51.4 Å². The third-order valence-electron chi connectivity index (χ3n) is 2.35. The van der Waals surface area contributed by atoms with Crippen LogP contribution >= 0.6 is 0 Å². The minimum Gasteiger partial charge on any atom is -0.234 e. The first-order chi connectivity index (χ1) is 5.43. The summed E-state index contributed by atoms with van der Waals surface area (Å²) in [5.74, 6) is 1.87. The summed E-state index contributed by atoms with van der Waals surface area (Å²) < 4.78 is 0. The van der Waals surface area contributed by atoms with E-state index >= 15 is 0 Å². The third kappa shape index (κ3) is 3.38. The molecule has 0 unspecified atom stereocenters. The van der Waals surface area contributed by atoms with Crippen LogP contribution in [0.5, 0.6) is 0 Å². The summed E-state index contributed by atoms with van der Waals surface area (Å²) >= 11 is 0. The predicted molar refractivity (Wildman–Crippen MR) is 46.1 cm³/mol. The van der Waals surface area contributed by atoms with Crippen LogP contribution in [0.25, 0.3) is 0 Å². The van der Waals surface area contributed by atoms with Crippen molar-refractivity contribution < 1.29 is 4.79 Å². The fourth-order valence-electron chi connectivity index (χ4n) is 1.34. The summed E-state index contributed by atoms with van der Waals surface area (Å²) in [6, 6.07) is 0. The van der Waals surface area contributed by atoms with E-state index in [2.05, 4.69) is 0 Å². The summed E-state index contributed by atoms with van der Waals surface area (Å²) in [4.78, 5) is 9.63. The molecule has 0 aliphatic heterocycles. The summed E-state index contributed by atoms with van der Waals surface area (Å²) in [5.41, 5.74) is 0.968. The number of hydrogen-bond donors (Lipinski definition) is 0. The molecule has 0 heterocycles. The van der Waals surface area contributed by atoms with Gasteiger partial charge in [-0.2, -0.15) is 0 Å². The quantitative estimate of drug-likeness (QED) is 0.488. The lowest BCUT2D eigenvalue weighted by molar-refractivity contribution is 0.556. The van der Waals surface area contributed by atoms with E-state index in [9.17, 15) is 4.79 Å². The van der Waals surface area contributed by atoms with Crippen molar-refractivity contribution in [3.63, 3.8) is 0 Å². The van der Waals surface area contributed by atoms with E-state index in [1.807, 2.05) is 5.94 Å². The van der Waals surface area contributed by atoms with Crippen molar-refractivity contribution in [1.29, 1.82) is 0 Å². The van der Waals surface area contributed by atoms with E-state index < -0.39 is 0 Å². The normalized spacial score (nSPS) is 21.3. The Morgan fingerprint density at radius 1 is 0.818 bits per heavy atom. The van der Waals surface area contributed by atoms with Gasteiger partial charge in [-0.05, 0) is 19.3 Å². The van der Waals surface area contributed by atoms with Crippen LogP contribution in [0, 0.1) is 0 Å². The molecule has 11 heavy (non-hydrogen) atoms. The molecule has 2 aliphatic rings. The smallest absolute Gasteiger partial charge is 0.123 e. The summed E-state index contributed by atoms with van der Waals surface area (Å²) in [7, 11) is 0. The van der Waals surface area contributed by atoms with Crippen LogP contribution in [-0.4, -0.2) is 5.94 Å². The molecule has 2 aliphatic carbocycles. The fourth-order valence-corrected chi connectivity index (χ4v) is 1.34. The van der Waals surface area contributed by atoms with Gasteiger partial charge in [-0.15, -0.1) is 0 Å². The highest BCUT2D eigenvalue weighted by atomic mass is 16.1. The standard InChI is InChI=1S/C5H6O.C5H10/c6-4-5-2-1-3-5;1-2-4-5-3-1/h1-3H2;1-5H2. The zero-order valence-corrected chi connectivity index (χ0v) is 7.07. The molecular weight excluding hydrogens is 136 g/mol. The highest BCUT2D eigenvalue weighted by molar-refractivity contribution is 5.54. The largest absolute Gasteiger partial charge is 0.234 e. The topological polar surface area (TPSA) is 17.1 Å². The minimum absolute atomic E-state index is 0.968. The molecular formula is C10H16O. The third-order valence-corrected chi connectivity index (χ3v) is 2.35. The summed E-state index contributed by atoms with van der Waals surface area (Å²) in [6.45, 7) is 0. The second kappa shape index (κ2) is 5.15. The van der Waals surface area contributed by atoms with Crippen LogP contribution in [0.4, 0.5) is 0 Å². The van der Waals surface area contributed by atoms with Gasteiger partial charge in [-0.3, -0.25) is 0 Å². The zero-order chi connectivity index (χ0) is 7.94. The Morgan fingerprint density at radius 2 is 1.27 bits per heavy atom. The van der Waals surface area contributed by atoms with Crippen molar-refractivity contribution in [3.8, 4) is 0 Å². The molecule has 0 saturated heterocycles. The van der Waals surface area contributed by atoms with Crippen LogP contribution in [0.1, 0.15) is 51.4 Å². The van der Waals surface area contributed by atoms with Gasteiger partial charge < -0.3 is 0 Å². The average Bonchev–Trinajstić information content (AvgIpc) is 2.39. The Labute approximate surface area is 68.5 Å². The van der Waals surface area contributed by atoms with Gasteiger partial charge in [0.25, 0.3) is 0 Å². The molecule has 0 spiro atoms. The van der Waals surface area contributed by atoms with E-state index in [0.29, 0.717) is 0 Å². The highest BCUT2D eigenvalue weighted by Gasteiger charge is 2.07. The van der Waals surface area contributed by atoms with Gasteiger partial charge >= 0.3 is 0 Å². The molecule has 2 saturated carbocycles.